The van der Waals surface area contributed by atoms with Gasteiger partial charge in [-0.1, -0.05) is 24.3 Å². The summed E-state index contributed by atoms with van der Waals surface area (Å²) in [6, 6.07) is 0. The van der Waals surface area contributed by atoms with Crippen LogP contribution >= 0.6 is 0 Å². The number of fused-ring (bicyclic) bond motifs is 1. The topological polar surface area (TPSA) is 107 Å². The molecule has 7 nitrogen and oxygen atoms in total. The zero-order valence-electron chi connectivity index (χ0n) is 13.3. The fourth-order valence-corrected chi connectivity index (χ4v) is 3.08. The predicted octanol–water partition coefficient (Wildman–Crippen LogP) is 1.48. The summed E-state index contributed by atoms with van der Waals surface area (Å²) < 4.78 is 9.02. The van der Waals surface area contributed by atoms with Crippen molar-refractivity contribution in [2.75, 3.05) is 7.11 Å². The van der Waals surface area contributed by atoms with E-state index < -0.39 is 23.8 Å². The summed E-state index contributed by atoms with van der Waals surface area (Å²) in [5, 5.41) is 8.81. The van der Waals surface area contributed by atoms with Gasteiger partial charge in [0, 0.05) is 0 Å². The van der Waals surface area contributed by atoms with Crippen molar-refractivity contribution in [2.45, 2.75) is 25.7 Å². The number of carboxylic acids is 1. The number of hydrogen-bond acceptors (Lipinski definition) is 6. The third kappa shape index (κ3) is 3.90. The molecule has 0 saturated carbocycles. The standard InChI is InChI=1S/C9H12O4.C8H8O3/c1-13-9(12)7-5-3-2-4-6(7)8(10)11;9-7-5-3-1-2-4-6(5)8(10)11-7/h2-3,6-7H,4-5H2,1H3,(H,10,11);1-2,5-6H,3-4H2/t6-,7+;5-,6+/m0./s1. The van der Waals surface area contributed by atoms with E-state index in [1.165, 1.54) is 7.11 Å². The Labute approximate surface area is 139 Å². The maximum absolute atomic E-state index is 11.2. The molecule has 1 heterocycles. The van der Waals surface area contributed by atoms with Crippen LogP contribution in [0.4, 0.5) is 0 Å². The molecule has 0 radical (unpaired) electrons. The number of carbonyl (C=O) groups excluding carboxylic acids is 3. The van der Waals surface area contributed by atoms with Gasteiger partial charge in [-0.05, 0) is 25.7 Å². The Morgan fingerprint density at radius 3 is 1.88 bits per heavy atom. The van der Waals surface area contributed by atoms with Gasteiger partial charge in [-0.15, -0.1) is 0 Å². The average molecular weight is 336 g/mol. The maximum Gasteiger partial charge on any atom is 0.317 e. The Morgan fingerprint density at radius 1 is 0.958 bits per heavy atom. The molecule has 0 amide bonds. The summed E-state index contributed by atoms with van der Waals surface area (Å²) in [5.41, 5.74) is 0. The Bertz CT molecular complexity index is 566. The highest BCUT2D eigenvalue weighted by Gasteiger charge is 2.43. The van der Waals surface area contributed by atoms with Gasteiger partial charge in [0.05, 0.1) is 30.8 Å². The van der Waals surface area contributed by atoms with Crippen molar-refractivity contribution < 1.29 is 33.8 Å². The molecule has 24 heavy (non-hydrogen) atoms. The fourth-order valence-electron chi connectivity index (χ4n) is 3.08. The van der Waals surface area contributed by atoms with Crippen molar-refractivity contribution >= 4 is 23.9 Å². The highest BCUT2D eigenvalue weighted by Crippen LogP contribution is 2.32. The average Bonchev–Trinajstić information content (AvgIpc) is 2.89. The van der Waals surface area contributed by atoms with Gasteiger partial charge in [0.2, 0.25) is 0 Å². The molecule has 1 fully saturated rings. The molecular weight excluding hydrogens is 316 g/mol. The number of aliphatic carboxylic acids is 1. The highest BCUT2D eigenvalue weighted by molar-refractivity contribution is 5.96. The van der Waals surface area contributed by atoms with Gasteiger partial charge in [0.25, 0.3) is 0 Å². The zero-order valence-corrected chi connectivity index (χ0v) is 13.3. The molecule has 1 saturated heterocycles. The summed E-state index contributed by atoms with van der Waals surface area (Å²) in [5.74, 6) is -3.57. The summed E-state index contributed by atoms with van der Waals surface area (Å²) in [6.07, 6.45) is 9.67. The number of rotatable bonds is 2. The first-order valence-corrected chi connectivity index (χ1v) is 7.81. The molecule has 0 aromatic carbocycles. The number of ether oxygens (including phenoxy) is 2. The molecule has 1 N–H and O–H groups in total. The summed E-state index contributed by atoms with van der Waals surface area (Å²) in [7, 11) is 1.28. The van der Waals surface area contributed by atoms with Crippen LogP contribution in [0.5, 0.6) is 0 Å². The third-order valence-corrected chi connectivity index (χ3v) is 4.49. The van der Waals surface area contributed by atoms with Gasteiger partial charge < -0.3 is 14.6 Å². The first-order valence-electron chi connectivity index (χ1n) is 7.81. The van der Waals surface area contributed by atoms with Crippen LogP contribution in [0.3, 0.4) is 0 Å². The van der Waals surface area contributed by atoms with E-state index in [4.69, 9.17) is 5.11 Å². The molecule has 0 unspecified atom stereocenters. The van der Waals surface area contributed by atoms with Crippen LogP contribution in [0.25, 0.3) is 0 Å². The van der Waals surface area contributed by atoms with Crippen molar-refractivity contribution in [3.8, 4) is 0 Å². The molecule has 0 aromatic heterocycles. The largest absolute Gasteiger partial charge is 0.481 e. The van der Waals surface area contributed by atoms with Gasteiger partial charge in [-0.25, -0.2) is 0 Å². The molecule has 3 aliphatic rings. The quantitative estimate of drug-likeness (QED) is 0.462. The molecule has 3 rings (SSSR count). The van der Waals surface area contributed by atoms with Crippen molar-refractivity contribution in [1.29, 1.82) is 0 Å². The number of carboxylic acid groups (broad SMARTS) is 1. The van der Waals surface area contributed by atoms with Gasteiger partial charge >= 0.3 is 23.9 Å². The highest BCUT2D eigenvalue weighted by atomic mass is 16.6. The summed E-state index contributed by atoms with van der Waals surface area (Å²) in [4.78, 5) is 43.8. The molecule has 130 valence electrons. The van der Waals surface area contributed by atoms with E-state index in [1.54, 1.807) is 6.08 Å². The van der Waals surface area contributed by atoms with E-state index in [1.807, 2.05) is 18.2 Å². The maximum atomic E-state index is 11.2. The molecule has 0 spiro atoms. The van der Waals surface area contributed by atoms with Crippen LogP contribution in [-0.2, 0) is 28.7 Å². The Balaban J connectivity index is 0.000000175. The number of carbonyl (C=O) groups is 4. The van der Waals surface area contributed by atoms with Crippen LogP contribution in [0, 0.1) is 23.7 Å². The van der Waals surface area contributed by atoms with E-state index in [9.17, 15) is 19.2 Å². The van der Waals surface area contributed by atoms with E-state index in [2.05, 4.69) is 9.47 Å². The fraction of sp³-hybridized carbons (Fsp3) is 0.529. The van der Waals surface area contributed by atoms with E-state index in [-0.39, 0.29) is 23.8 Å². The van der Waals surface area contributed by atoms with Crippen molar-refractivity contribution in [3.05, 3.63) is 24.3 Å². The first-order chi connectivity index (χ1) is 11.5. The van der Waals surface area contributed by atoms with Crippen LogP contribution < -0.4 is 0 Å². The van der Waals surface area contributed by atoms with Gasteiger partial charge in [0.15, 0.2) is 0 Å². The molecule has 2 aliphatic carbocycles. The van der Waals surface area contributed by atoms with E-state index >= 15 is 0 Å². The van der Waals surface area contributed by atoms with Crippen molar-refractivity contribution in [3.63, 3.8) is 0 Å². The van der Waals surface area contributed by atoms with Gasteiger partial charge in [0.1, 0.15) is 0 Å². The number of esters is 3. The lowest BCUT2D eigenvalue weighted by molar-refractivity contribution is -0.155. The van der Waals surface area contributed by atoms with Crippen molar-refractivity contribution in [2.24, 2.45) is 23.7 Å². The second-order valence-corrected chi connectivity index (χ2v) is 5.91. The number of cyclic esters (lactones) is 2. The molecule has 4 atom stereocenters. The monoisotopic (exact) mass is 336 g/mol. The molecular formula is C17H20O7. The SMILES string of the molecule is COC(=O)[C@@H]1CC=CC[C@@H]1C(=O)O.O=C1OC(=O)[C@@H]2CC=CC[C@H]12. The first kappa shape index (κ1) is 17.9. The number of methoxy groups -OCH3 is 1. The van der Waals surface area contributed by atoms with Gasteiger partial charge in [-0.3, -0.25) is 19.2 Å². The molecule has 1 aliphatic heterocycles. The Kier molecular flexibility index (Phi) is 5.89. The lowest BCUT2D eigenvalue weighted by atomic mass is 9.83. The van der Waals surface area contributed by atoms with Crippen LogP contribution in [0.1, 0.15) is 25.7 Å². The second kappa shape index (κ2) is 7.90. The van der Waals surface area contributed by atoms with E-state index in [0.29, 0.717) is 25.7 Å². The minimum atomic E-state index is -0.931. The number of hydrogen-bond donors (Lipinski definition) is 1. The molecule has 0 bridgehead atoms. The van der Waals surface area contributed by atoms with Crippen LogP contribution in [0.15, 0.2) is 24.3 Å². The number of allylic oxidation sites excluding steroid dienone is 4. The zero-order chi connectivity index (χ0) is 17.7. The lowest BCUT2D eigenvalue weighted by Gasteiger charge is -2.22. The normalized spacial score (nSPS) is 30.7. The van der Waals surface area contributed by atoms with Crippen LogP contribution in [0.2, 0.25) is 0 Å². The predicted molar refractivity (Wildman–Crippen MR) is 81.5 cm³/mol. The summed E-state index contributed by atoms with van der Waals surface area (Å²) in [6.45, 7) is 0. The van der Waals surface area contributed by atoms with Crippen LogP contribution in [-0.4, -0.2) is 36.1 Å². The summed E-state index contributed by atoms with van der Waals surface area (Å²) >= 11 is 0. The minimum absolute atomic E-state index is 0.188. The smallest absolute Gasteiger partial charge is 0.317 e. The lowest BCUT2D eigenvalue weighted by Crippen LogP contribution is -2.31. The minimum Gasteiger partial charge on any atom is -0.481 e. The molecule has 7 heteroatoms. The van der Waals surface area contributed by atoms with Crippen molar-refractivity contribution in [1.82, 2.24) is 0 Å². The Hall–Kier alpha value is -2.44. The van der Waals surface area contributed by atoms with E-state index in [0.717, 1.165) is 0 Å². The van der Waals surface area contributed by atoms with Gasteiger partial charge in [-0.2, -0.15) is 0 Å². The Morgan fingerprint density at radius 2 is 1.42 bits per heavy atom. The second-order valence-electron chi connectivity index (χ2n) is 5.91. The molecule has 0 aromatic rings. The third-order valence-electron chi connectivity index (χ3n) is 4.49.